The summed E-state index contributed by atoms with van der Waals surface area (Å²) < 4.78 is 6.74. The third-order valence-electron chi connectivity index (χ3n) is 2.45. The maximum Gasteiger partial charge on any atom is 0.135 e. The van der Waals surface area contributed by atoms with Crippen LogP contribution in [-0.2, 0) is 6.42 Å². The van der Waals surface area contributed by atoms with E-state index in [1.54, 1.807) is 30.4 Å². The number of hydrogen-bond donors (Lipinski definition) is 1. The van der Waals surface area contributed by atoms with Gasteiger partial charge >= 0.3 is 0 Å². The van der Waals surface area contributed by atoms with Gasteiger partial charge in [-0.15, -0.1) is 12.4 Å². The number of rotatable bonds is 4. The predicted molar refractivity (Wildman–Crippen MR) is 67.4 cm³/mol. The molecule has 0 amide bonds. The molecule has 1 aromatic heterocycles. The lowest BCUT2D eigenvalue weighted by Crippen LogP contribution is -2.08. The summed E-state index contributed by atoms with van der Waals surface area (Å²) in [7, 11) is 1.63. The van der Waals surface area contributed by atoms with Crippen molar-refractivity contribution in [1.29, 1.82) is 0 Å². The number of aromatic nitrogens is 2. The SMILES string of the molecule is COc1ccc(CC(O)n2ccnc2)cc1.Cl. The molecule has 92 valence electrons. The van der Waals surface area contributed by atoms with Crippen LogP contribution in [0.2, 0.25) is 0 Å². The molecule has 0 radical (unpaired) electrons. The van der Waals surface area contributed by atoms with Gasteiger partial charge < -0.3 is 14.4 Å². The molecule has 0 aliphatic heterocycles. The number of aliphatic hydroxyl groups excluding tert-OH is 1. The van der Waals surface area contributed by atoms with E-state index in [2.05, 4.69) is 4.98 Å². The molecule has 1 N–H and O–H groups in total. The van der Waals surface area contributed by atoms with E-state index in [-0.39, 0.29) is 12.4 Å². The first-order valence-electron chi connectivity index (χ1n) is 5.08. The first kappa shape index (κ1) is 13.5. The van der Waals surface area contributed by atoms with E-state index in [9.17, 15) is 5.11 Å². The normalized spacial score (nSPS) is 11.6. The molecule has 2 rings (SSSR count). The van der Waals surface area contributed by atoms with Crippen LogP contribution in [0.4, 0.5) is 0 Å². The van der Waals surface area contributed by atoms with Crippen LogP contribution in [-0.4, -0.2) is 21.8 Å². The molecule has 0 spiro atoms. The zero-order valence-corrected chi connectivity index (χ0v) is 10.3. The Morgan fingerprint density at radius 1 is 1.35 bits per heavy atom. The molecule has 5 heteroatoms. The first-order chi connectivity index (χ1) is 7.79. The average molecular weight is 255 g/mol. The molecular formula is C12H15ClN2O2. The van der Waals surface area contributed by atoms with E-state index in [0.29, 0.717) is 6.42 Å². The van der Waals surface area contributed by atoms with Crippen molar-refractivity contribution >= 4 is 12.4 Å². The highest BCUT2D eigenvalue weighted by Gasteiger charge is 2.06. The topological polar surface area (TPSA) is 47.3 Å². The van der Waals surface area contributed by atoms with Gasteiger partial charge in [0.15, 0.2) is 0 Å². The van der Waals surface area contributed by atoms with Crippen LogP contribution in [0, 0.1) is 0 Å². The van der Waals surface area contributed by atoms with Gasteiger partial charge in [-0.1, -0.05) is 12.1 Å². The standard InChI is InChI=1S/C12H14N2O2.ClH/c1-16-11-4-2-10(3-5-11)8-12(15)14-7-6-13-9-14;/h2-7,9,12,15H,8H2,1H3;1H. The van der Waals surface area contributed by atoms with Crippen molar-refractivity contribution < 1.29 is 9.84 Å². The smallest absolute Gasteiger partial charge is 0.135 e. The molecular weight excluding hydrogens is 240 g/mol. The minimum absolute atomic E-state index is 0. The molecule has 17 heavy (non-hydrogen) atoms. The molecule has 0 bridgehead atoms. The fraction of sp³-hybridized carbons (Fsp3) is 0.250. The van der Waals surface area contributed by atoms with Gasteiger partial charge in [-0.2, -0.15) is 0 Å². The van der Waals surface area contributed by atoms with Gasteiger partial charge in [0.05, 0.1) is 13.4 Å². The molecule has 0 saturated heterocycles. The molecule has 1 aromatic carbocycles. The number of aliphatic hydroxyl groups is 1. The first-order valence-corrected chi connectivity index (χ1v) is 5.08. The van der Waals surface area contributed by atoms with E-state index in [1.807, 2.05) is 24.3 Å². The lowest BCUT2D eigenvalue weighted by atomic mass is 10.1. The van der Waals surface area contributed by atoms with Crippen LogP contribution >= 0.6 is 12.4 Å². The van der Waals surface area contributed by atoms with E-state index in [1.165, 1.54) is 0 Å². The monoisotopic (exact) mass is 254 g/mol. The molecule has 1 atom stereocenters. The van der Waals surface area contributed by atoms with Crippen molar-refractivity contribution in [2.45, 2.75) is 12.6 Å². The summed E-state index contributed by atoms with van der Waals surface area (Å²) in [5.74, 6) is 0.820. The van der Waals surface area contributed by atoms with E-state index < -0.39 is 6.23 Å². The maximum atomic E-state index is 9.88. The van der Waals surface area contributed by atoms with Crippen molar-refractivity contribution in [3.63, 3.8) is 0 Å². The van der Waals surface area contributed by atoms with Crippen molar-refractivity contribution in [2.24, 2.45) is 0 Å². The van der Waals surface area contributed by atoms with E-state index in [4.69, 9.17) is 4.74 Å². The van der Waals surface area contributed by atoms with Crippen LogP contribution in [0.25, 0.3) is 0 Å². The van der Waals surface area contributed by atoms with Crippen LogP contribution < -0.4 is 4.74 Å². The molecule has 1 heterocycles. The summed E-state index contributed by atoms with van der Waals surface area (Å²) in [6.45, 7) is 0. The van der Waals surface area contributed by atoms with Gasteiger partial charge in [-0.3, -0.25) is 0 Å². The van der Waals surface area contributed by atoms with Crippen molar-refractivity contribution in [3.05, 3.63) is 48.5 Å². The number of ether oxygens (including phenoxy) is 1. The third kappa shape index (κ3) is 3.47. The molecule has 0 saturated carbocycles. The average Bonchev–Trinajstić information content (AvgIpc) is 2.83. The fourth-order valence-corrected chi connectivity index (χ4v) is 1.52. The van der Waals surface area contributed by atoms with Gasteiger partial charge in [0.25, 0.3) is 0 Å². The summed E-state index contributed by atoms with van der Waals surface area (Å²) in [6.07, 6.45) is 4.98. The molecule has 0 fully saturated rings. The number of hydrogen-bond acceptors (Lipinski definition) is 3. The Labute approximate surface area is 106 Å². The van der Waals surface area contributed by atoms with Crippen LogP contribution in [0.5, 0.6) is 5.75 Å². The number of halogens is 1. The number of imidazole rings is 1. The van der Waals surface area contributed by atoms with Crippen LogP contribution in [0.3, 0.4) is 0 Å². The Kier molecular flexibility index (Phi) is 5.00. The number of nitrogens with zero attached hydrogens (tertiary/aromatic N) is 2. The summed E-state index contributed by atoms with van der Waals surface area (Å²) in [5.41, 5.74) is 1.06. The quantitative estimate of drug-likeness (QED) is 0.908. The Bertz CT molecular complexity index is 428. The summed E-state index contributed by atoms with van der Waals surface area (Å²) in [6, 6.07) is 7.66. The van der Waals surface area contributed by atoms with Gasteiger partial charge in [-0.25, -0.2) is 4.98 Å². The Balaban J connectivity index is 0.00000144. The highest BCUT2D eigenvalue weighted by Crippen LogP contribution is 2.15. The van der Waals surface area contributed by atoms with E-state index in [0.717, 1.165) is 11.3 Å². The fourth-order valence-electron chi connectivity index (χ4n) is 1.52. The second-order valence-electron chi connectivity index (χ2n) is 3.54. The largest absolute Gasteiger partial charge is 0.497 e. The second-order valence-corrected chi connectivity index (χ2v) is 3.54. The minimum atomic E-state index is -0.573. The Morgan fingerprint density at radius 3 is 2.59 bits per heavy atom. The minimum Gasteiger partial charge on any atom is -0.497 e. The molecule has 1 unspecified atom stereocenters. The van der Waals surface area contributed by atoms with Gasteiger partial charge in [-0.05, 0) is 17.7 Å². The van der Waals surface area contributed by atoms with Crippen LogP contribution in [0.1, 0.15) is 11.8 Å². The lowest BCUT2D eigenvalue weighted by molar-refractivity contribution is 0.104. The summed E-state index contributed by atoms with van der Waals surface area (Å²) >= 11 is 0. The molecule has 2 aromatic rings. The zero-order chi connectivity index (χ0) is 11.4. The van der Waals surface area contributed by atoms with Gasteiger partial charge in [0.1, 0.15) is 12.0 Å². The summed E-state index contributed by atoms with van der Waals surface area (Å²) in [5, 5.41) is 9.88. The Hall–Kier alpha value is -1.52. The summed E-state index contributed by atoms with van der Waals surface area (Å²) in [4.78, 5) is 3.90. The highest BCUT2D eigenvalue weighted by molar-refractivity contribution is 5.85. The number of benzene rings is 1. The Morgan fingerprint density at radius 2 is 2.06 bits per heavy atom. The molecule has 0 aliphatic rings. The van der Waals surface area contributed by atoms with Gasteiger partial charge in [0, 0.05) is 18.8 Å². The predicted octanol–water partition coefficient (Wildman–Crippen LogP) is 2.05. The third-order valence-corrected chi connectivity index (χ3v) is 2.45. The second kappa shape index (κ2) is 6.27. The van der Waals surface area contributed by atoms with Crippen molar-refractivity contribution in [2.75, 3.05) is 7.11 Å². The van der Waals surface area contributed by atoms with Gasteiger partial charge in [0.2, 0.25) is 0 Å². The van der Waals surface area contributed by atoms with Crippen LogP contribution in [0.15, 0.2) is 43.0 Å². The maximum absolute atomic E-state index is 9.88. The number of methoxy groups -OCH3 is 1. The lowest BCUT2D eigenvalue weighted by Gasteiger charge is -2.12. The molecule has 0 aliphatic carbocycles. The van der Waals surface area contributed by atoms with Crippen molar-refractivity contribution in [3.8, 4) is 5.75 Å². The van der Waals surface area contributed by atoms with Crippen molar-refractivity contribution in [1.82, 2.24) is 9.55 Å². The van der Waals surface area contributed by atoms with E-state index >= 15 is 0 Å². The molecule has 4 nitrogen and oxygen atoms in total. The zero-order valence-electron chi connectivity index (χ0n) is 9.48. The highest BCUT2D eigenvalue weighted by atomic mass is 35.5.